The molecule has 11 heteroatoms. The Bertz CT molecular complexity index is 1540. The predicted octanol–water partition coefficient (Wildman–Crippen LogP) is 5.30. The SMILES string of the molecule is COc1cc(/C=C2\C(=O)NC(=O)N(c3cccc(Cl)c3)C2=O)cc(Cl)c1OCC(=O)Nc1ccc(C)c(C)c1. The Labute approximate surface area is 234 Å². The Hall–Kier alpha value is -4.34. The minimum absolute atomic E-state index is 0.0756. The van der Waals surface area contributed by atoms with Crippen LogP contribution in [0.4, 0.5) is 16.2 Å². The summed E-state index contributed by atoms with van der Waals surface area (Å²) >= 11 is 12.4. The molecule has 0 unspecified atom stereocenters. The minimum atomic E-state index is -0.900. The van der Waals surface area contributed by atoms with Crippen LogP contribution in [0, 0.1) is 13.8 Å². The van der Waals surface area contributed by atoms with Gasteiger partial charge in [-0.2, -0.15) is 0 Å². The molecule has 1 heterocycles. The second kappa shape index (κ2) is 11.6. The fourth-order valence-electron chi connectivity index (χ4n) is 3.79. The van der Waals surface area contributed by atoms with Crippen LogP contribution in [0.3, 0.4) is 0 Å². The molecule has 0 radical (unpaired) electrons. The summed E-state index contributed by atoms with van der Waals surface area (Å²) in [5, 5.41) is 5.29. The molecular weight excluding hydrogens is 545 g/mol. The van der Waals surface area contributed by atoms with Crippen molar-refractivity contribution in [3.05, 3.63) is 86.9 Å². The lowest BCUT2D eigenvalue weighted by molar-refractivity contribution is -0.122. The van der Waals surface area contributed by atoms with Crippen LogP contribution in [0.1, 0.15) is 16.7 Å². The topological polar surface area (TPSA) is 114 Å². The number of urea groups is 1. The molecule has 5 amide bonds. The van der Waals surface area contributed by atoms with Gasteiger partial charge >= 0.3 is 6.03 Å². The highest BCUT2D eigenvalue weighted by molar-refractivity contribution is 6.39. The summed E-state index contributed by atoms with van der Waals surface area (Å²) in [6, 6.07) is 13.7. The number of methoxy groups -OCH3 is 1. The Kier molecular flexibility index (Phi) is 8.23. The van der Waals surface area contributed by atoms with Crippen LogP contribution >= 0.6 is 23.2 Å². The Morgan fingerprint density at radius 3 is 2.49 bits per heavy atom. The van der Waals surface area contributed by atoms with E-state index in [0.29, 0.717) is 16.3 Å². The predicted molar refractivity (Wildman–Crippen MR) is 148 cm³/mol. The third-order valence-corrected chi connectivity index (χ3v) is 6.38. The molecule has 1 aliphatic heterocycles. The molecule has 4 rings (SSSR count). The molecule has 0 saturated carbocycles. The highest BCUT2D eigenvalue weighted by atomic mass is 35.5. The molecule has 9 nitrogen and oxygen atoms in total. The van der Waals surface area contributed by atoms with E-state index in [4.69, 9.17) is 32.7 Å². The van der Waals surface area contributed by atoms with Crippen molar-refractivity contribution in [3.8, 4) is 11.5 Å². The van der Waals surface area contributed by atoms with Gasteiger partial charge in [-0.3, -0.25) is 19.7 Å². The molecule has 0 atom stereocenters. The summed E-state index contributed by atoms with van der Waals surface area (Å²) < 4.78 is 11.0. The van der Waals surface area contributed by atoms with E-state index in [1.54, 1.807) is 18.2 Å². The maximum atomic E-state index is 13.1. The molecular formula is C28H23Cl2N3O6. The molecule has 1 aliphatic rings. The number of amides is 5. The lowest BCUT2D eigenvalue weighted by atomic mass is 10.1. The summed E-state index contributed by atoms with van der Waals surface area (Å²) in [7, 11) is 1.38. The lowest BCUT2D eigenvalue weighted by Gasteiger charge is -2.26. The summed E-state index contributed by atoms with van der Waals surface area (Å²) in [6.45, 7) is 3.57. The second-order valence-electron chi connectivity index (χ2n) is 8.61. The smallest absolute Gasteiger partial charge is 0.335 e. The average Bonchev–Trinajstić information content (AvgIpc) is 2.87. The standard InChI is InChI=1S/C28H23Cl2N3O6/c1-15-7-8-19(9-16(15)2)31-24(34)14-39-25-22(30)11-17(12-23(25)38-3)10-21-26(35)32-28(37)33(27(21)36)20-6-4-5-18(29)13-20/h4-13H,14H2,1-3H3,(H,31,34)(H,32,35,37)/b21-10+. The van der Waals surface area contributed by atoms with E-state index in [9.17, 15) is 19.2 Å². The van der Waals surface area contributed by atoms with Crippen molar-refractivity contribution >= 4 is 64.4 Å². The molecule has 39 heavy (non-hydrogen) atoms. The molecule has 3 aromatic rings. The first kappa shape index (κ1) is 27.7. The van der Waals surface area contributed by atoms with Gasteiger partial charge in [0, 0.05) is 10.7 Å². The molecule has 2 N–H and O–H groups in total. The number of halogens is 2. The third-order valence-electron chi connectivity index (χ3n) is 5.87. The zero-order chi connectivity index (χ0) is 28.3. The zero-order valence-corrected chi connectivity index (χ0v) is 22.6. The van der Waals surface area contributed by atoms with Crippen molar-refractivity contribution in [2.24, 2.45) is 0 Å². The molecule has 0 bridgehead atoms. The van der Waals surface area contributed by atoms with Gasteiger partial charge < -0.3 is 14.8 Å². The fourth-order valence-corrected chi connectivity index (χ4v) is 4.25. The minimum Gasteiger partial charge on any atom is -0.493 e. The highest BCUT2D eigenvalue weighted by Gasteiger charge is 2.37. The number of anilines is 2. The van der Waals surface area contributed by atoms with Gasteiger partial charge in [0.25, 0.3) is 17.7 Å². The van der Waals surface area contributed by atoms with Crippen molar-refractivity contribution in [1.82, 2.24) is 5.32 Å². The van der Waals surface area contributed by atoms with Gasteiger partial charge in [0.05, 0.1) is 17.8 Å². The van der Waals surface area contributed by atoms with Crippen molar-refractivity contribution in [3.63, 3.8) is 0 Å². The van der Waals surface area contributed by atoms with Crippen LogP contribution in [0.2, 0.25) is 10.0 Å². The van der Waals surface area contributed by atoms with Gasteiger partial charge in [0.1, 0.15) is 5.57 Å². The van der Waals surface area contributed by atoms with E-state index in [2.05, 4.69) is 10.6 Å². The van der Waals surface area contributed by atoms with Crippen LogP contribution in [-0.2, 0) is 14.4 Å². The number of aryl methyl sites for hydroxylation is 2. The number of carbonyl (C=O) groups excluding carboxylic acids is 4. The summed E-state index contributed by atoms with van der Waals surface area (Å²) in [5.41, 5.74) is 2.98. The number of benzene rings is 3. The molecule has 1 fully saturated rings. The average molecular weight is 568 g/mol. The number of imide groups is 2. The van der Waals surface area contributed by atoms with Crippen molar-refractivity contribution < 1.29 is 28.7 Å². The lowest BCUT2D eigenvalue weighted by Crippen LogP contribution is -2.54. The molecule has 200 valence electrons. The largest absolute Gasteiger partial charge is 0.493 e. The fraction of sp³-hybridized carbons (Fsp3) is 0.143. The monoisotopic (exact) mass is 567 g/mol. The van der Waals surface area contributed by atoms with Gasteiger partial charge in [-0.15, -0.1) is 0 Å². The normalized spacial score (nSPS) is 14.3. The number of hydrogen-bond acceptors (Lipinski definition) is 6. The van der Waals surface area contributed by atoms with Crippen molar-refractivity contribution in [1.29, 1.82) is 0 Å². The van der Waals surface area contributed by atoms with E-state index in [-0.39, 0.29) is 34.4 Å². The van der Waals surface area contributed by atoms with Crippen LogP contribution < -0.4 is 25.0 Å². The van der Waals surface area contributed by atoms with Gasteiger partial charge in [-0.1, -0.05) is 35.3 Å². The van der Waals surface area contributed by atoms with E-state index >= 15 is 0 Å². The van der Waals surface area contributed by atoms with Crippen LogP contribution in [0.25, 0.3) is 6.08 Å². The first-order chi connectivity index (χ1) is 18.6. The Morgan fingerprint density at radius 1 is 1.03 bits per heavy atom. The number of barbiturate groups is 1. The summed E-state index contributed by atoms with van der Waals surface area (Å²) in [5.74, 6) is -1.85. The number of rotatable bonds is 7. The molecule has 0 aliphatic carbocycles. The molecule has 1 saturated heterocycles. The van der Waals surface area contributed by atoms with Gasteiger partial charge in [-0.25, -0.2) is 9.69 Å². The Morgan fingerprint density at radius 2 is 1.79 bits per heavy atom. The van der Waals surface area contributed by atoms with Gasteiger partial charge in [-0.05, 0) is 79.1 Å². The molecule has 3 aromatic carbocycles. The first-order valence-electron chi connectivity index (χ1n) is 11.6. The second-order valence-corrected chi connectivity index (χ2v) is 9.45. The molecule has 0 spiro atoms. The summed E-state index contributed by atoms with van der Waals surface area (Å²) in [6.07, 6.45) is 1.27. The number of nitrogens with one attached hydrogen (secondary N) is 2. The highest BCUT2D eigenvalue weighted by Crippen LogP contribution is 2.37. The van der Waals surface area contributed by atoms with Gasteiger partial charge in [0.2, 0.25) is 0 Å². The quantitative estimate of drug-likeness (QED) is 0.295. The van der Waals surface area contributed by atoms with E-state index in [1.165, 1.54) is 37.5 Å². The summed E-state index contributed by atoms with van der Waals surface area (Å²) in [4.78, 5) is 51.3. The van der Waals surface area contributed by atoms with Crippen LogP contribution in [0.5, 0.6) is 11.5 Å². The van der Waals surface area contributed by atoms with Gasteiger partial charge in [0.15, 0.2) is 18.1 Å². The van der Waals surface area contributed by atoms with Crippen LogP contribution in [-0.4, -0.2) is 37.5 Å². The Balaban J connectivity index is 1.55. The van der Waals surface area contributed by atoms with Crippen molar-refractivity contribution in [2.75, 3.05) is 23.9 Å². The number of carbonyl (C=O) groups is 4. The third kappa shape index (κ3) is 6.22. The van der Waals surface area contributed by atoms with E-state index in [0.717, 1.165) is 16.0 Å². The zero-order valence-electron chi connectivity index (χ0n) is 21.1. The van der Waals surface area contributed by atoms with E-state index in [1.807, 2.05) is 26.0 Å². The number of ether oxygens (including phenoxy) is 2. The van der Waals surface area contributed by atoms with Crippen LogP contribution in [0.15, 0.2) is 60.2 Å². The maximum Gasteiger partial charge on any atom is 0.335 e. The van der Waals surface area contributed by atoms with E-state index < -0.39 is 23.8 Å². The first-order valence-corrected chi connectivity index (χ1v) is 12.4. The number of nitrogens with zero attached hydrogens (tertiary/aromatic N) is 1. The van der Waals surface area contributed by atoms with Crippen molar-refractivity contribution in [2.45, 2.75) is 13.8 Å². The molecule has 0 aromatic heterocycles. The number of hydrogen-bond donors (Lipinski definition) is 2. The maximum absolute atomic E-state index is 13.1.